The van der Waals surface area contributed by atoms with Crippen LogP contribution < -0.4 is 16.6 Å². The molecule has 0 saturated heterocycles. The van der Waals surface area contributed by atoms with E-state index in [0.29, 0.717) is 12.8 Å². The molecule has 0 amide bonds. The Hall–Kier alpha value is -2.00. The second-order valence-corrected chi connectivity index (χ2v) is 4.11. The molecule has 1 aromatic rings. The summed E-state index contributed by atoms with van der Waals surface area (Å²) in [6, 6.07) is 0. The van der Waals surface area contributed by atoms with E-state index >= 15 is 0 Å². The lowest BCUT2D eigenvalue weighted by molar-refractivity contribution is -0.384. The second-order valence-electron chi connectivity index (χ2n) is 4.11. The Balaban J connectivity index is 2.95. The number of nitrogen functional groups attached to an aromatic ring is 1. The van der Waals surface area contributed by atoms with Gasteiger partial charge in [-0.2, -0.15) is 4.98 Å². The smallest absolute Gasteiger partial charge is 0.329 e. The molecule has 0 radical (unpaired) electrons. The number of nitro groups is 1. The lowest BCUT2D eigenvalue weighted by Crippen LogP contribution is -2.35. The molecule has 0 atom stereocenters. The SMILES string of the molecule is CCC(O)(CC)CNc1nc(NN)ncc1[N+](=O)[O-]. The van der Waals surface area contributed by atoms with Crippen LogP contribution in [0.3, 0.4) is 0 Å². The van der Waals surface area contributed by atoms with Gasteiger partial charge in [-0.1, -0.05) is 13.8 Å². The molecular weight excluding hydrogens is 252 g/mol. The Morgan fingerprint density at radius 1 is 1.53 bits per heavy atom. The van der Waals surface area contributed by atoms with E-state index in [1.165, 1.54) is 0 Å². The average Bonchev–Trinajstić information content (AvgIpc) is 2.44. The number of nitrogens with one attached hydrogen (secondary N) is 2. The first kappa shape index (κ1) is 15.1. The summed E-state index contributed by atoms with van der Waals surface area (Å²) in [7, 11) is 0. The fourth-order valence-corrected chi connectivity index (χ4v) is 1.46. The highest BCUT2D eigenvalue weighted by Crippen LogP contribution is 2.23. The van der Waals surface area contributed by atoms with Crippen molar-refractivity contribution in [2.24, 2.45) is 5.84 Å². The van der Waals surface area contributed by atoms with Gasteiger partial charge in [0.25, 0.3) is 0 Å². The van der Waals surface area contributed by atoms with Crippen LogP contribution >= 0.6 is 0 Å². The Bertz CT molecular complexity index is 449. The monoisotopic (exact) mass is 270 g/mol. The van der Waals surface area contributed by atoms with Gasteiger partial charge >= 0.3 is 5.69 Å². The minimum atomic E-state index is -0.935. The molecule has 1 heterocycles. The standard InChI is InChI=1S/C10H18N6O3/c1-3-10(17,4-2)6-13-8-7(16(18)19)5-12-9(14-8)15-11/h5,17H,3-4,6,11H2,1-2H3,(H2,12,13,14,15). The molecule has 9 nitrogen and oxygen atoms in total. The summed E-state index contributed by atoms with van der Waals surface area (Å²) in [6.07, 6.45) is 2.11. The van der Waals surface area contributed by atoms with Gasteiger partial charge in [0.15, 0.2) is 0 Å². The third-order valence-electron chi connectivity index (χ3n) is 3.00. The second kappa shape index (κ2) is 6.25. The van der Waals surface area contributed by atoms with E-state index in [0.717, 1.165) is 6.20 Å². The van der Waals surface area contributed by atoms with Gasteiger partial charge in [0, 0.05) is 6.54 Å². The normalized spacial score (nSPS) is 11.2. The van der Waals surface area contributed by atoms with E-state index in [2.05, 4.69) is 20.7 Å². The molecule has 0 unspecified atom stereocenters. The van der Waals surface area contributed by atoms with Gasteiger partial charge in [0.1, 0.15) is 6.20 Å². The van der Waals surface area contributed by atoms with Crippen molar-refractivity contribution in [3.8, 4) is 0 Å². The largest absolute Gasteiger partial charge is 0.388 e. The van der Waals surface area contributed by atoms with Gasteiger partial charge in [0.05, 0.1) is 10.5 Å². The lowest BCUT2D eigenvalue weighted by atomic mass is 9.98. The van der Waals surface area contributed by atoms with E-state index in [9.17, 15) is 15.2 Å². The topological polar surface area (TPSA) is 139 Å². The zero-order valence-electron chi connectivity index (χ0n) is 10.9. The zero-order chi connectivity index (χ0) is 14.5. The number of hydrogen-bond donors (Lipinski definition) is 4. The van der Waals surface area contributed by atoms with Crippen molar-refractivity contribution in [1.82, 2.24) is 9.97 Å². The molecule has 0 aliphatic rings. The van der Waals surface area contributed by atoms with Crippen molar-refractivity contribution in [1.29, 1.82) is 0 Å². The number of nitrogens with two attached hydrogens (primary N) is 1. The van der Waals surface area contributed by atoms with Crippen molar-refractivity contribution in [3.63, 3.8) is 0 Å². The third-order valence-corrected chi connectivity index (χ3v) is 3.00. The first-order valence-electron chi connectivity index (χ1n) is 5.90. The molecule has 0 saturated carbocycles. The molecule has 5 N–H and O–H groups in total. The predicted octanol–water partition coefficient (Wildman–Crippen LogP) is 0.633. The molecule has 0 fully saturated rings. The van der Waals surface area contributed by atoms with Gasteiger partial charge in [-0.15, -0.1) is 0 Å². The fraction of sp³-hybridized carbons (Fsp3) is 0.600. The van der Waals surface area contributed by atoms with Gasteiger partial charge in [-0.05, 0) is 12.8 Å². The molecule has 1 aromatic heterocycles. The molecule has 0 aliphatic carbocycles. The summed E-state index contributed by atoms with van der Waals surface area (Å²) < 4.78 is 0. The van der Waals surface area contributed by atoms with Crippen LogP contribution in [0.2, 0.25) is 0 Å². The predicted molar refractivity (Wildman–Crippen MR) is 70.5 cm³/mol. The minimum Gasteiger partial charge on any atom is -0.388 e. The number of rotatable bonds is 7. The summed E-state index contributed by atoms with van der Waals surface area (Å²) in [5.41, 5.74) is 1.01. The number of aromatic nitrogens is 2. The van der Waals surface area contributed by atoms with Crippen LogP contribution in [0.25, 0.3) is 0 Å². The fourth-order valence-electron chi connectivity index (χ4n) is 1.46. The summed E-state index contributed by atoms with van der Waals surface area (Å²) in [5, 5.41) is 23.8. The molecule has 106 valence electrons. The van der Waals surface area contributed by atoms with Crippen molar-refractivity contribution in [3.05, 3.63) is 16.3 Å². The quantitative estimate of drug-likeness (QED) is 0.321. The molecular formula is C10H18N6O3. The van der Waals surface area contributed by atoms with E-state index in [-0.39, 0.29) is 24.0 Å². The van der Waals surface area contributed by atoms with Crippen LogP contribution in [-0.2, 0) is 0 Å². The van der Waals surface area contributed by atoms with E-state index in [1.54, 1.807) is 0 Å². The summed E-state index contributed by atoms with van der Waals surface area (Å²) in [4.78, 5) is 17.8. The lowest BCUT2D eigenvalue weighted by Gasteiger charge is -2.25. The van der Waals surface area contributed by atoms with Crippen LogP contribution in [0.5, 0.6) is 0 Å². The Kier molecular flexibility index (Phi) is 4.95. The maximum absolute atomic E-state index is 10.9. The maximum Gasteiger partial charge on any atom is 0.329 e. The maximum atomic E-state index is 10.9. The van der Waals surface area contributed by atoms with Crippen LogP contribution in [0.1, 0.15) is 26.7 Å². The van der Waals surface area contributed by atoms with Crippen LogP contribution in [0.15, 0.2) is 6.20 Å². The van der Waals surface area contributed by atoms with Crippen LogP contribution in [0, 0.1) is 10.1 Å². The Morgan fingerprint density at radius 3 is 2.63 bits per heavy atom. The van der Waals surface area contributed by atoms with Gasteiger partial charge in [0.2, 0.25) is 11.8 Å². The molecule has 0 aromatic carbocycles. The van der Waals surface area contributed by atoms with E-state index < -0.39 is 10.5 Å². The van der Waals surface area contributed by atoms with Crippen molar-refractivity contribution >= 4 is 17.5 Å². The van der Waals surface area contributed by atoms with Crippen LogP contribution in [0.4, 0.5) is 17.5 Å². The Labute approximate surface area is 110 Å². The summed E-state index contributed by atoms with van der Waals surface area (Å²) >= 11 is 0. The number of hydrogen-bond acceptors (Lipinski definition) is 8. The molecule has 0 spiro atoms. The van der Waals surface area contributed by atoms with Crippen molar-refractivity contribution in [2.75, 3.05) is 17.3 Å². The average molecular weight is 270 g/mol. The first-order chi connectivity index (χ1) is 8.95. The molecule has 9 heteroatoms. The minimum absolute atomic E-state index is 0.0216. The highest BCUT2D eigenvalue weighted by Gasteiger charge is 2.24. The molecule has 0 bridgehead atoms. The first-order valence-corrected chi connectivity index (χ1v) is 5.90. The highest BCUT2D eigenvalue weighted by molar-refractivity contribution is 5.56. The number of nitrogens with zero attached hydrogens (tertiary/aromatic N) is 3. The zero-order valence-corrected chi connectivity index (χ0v) is 10.9. The van der Waals surface area contributed by atoms with Gasteiger partial charge < -0.3 is 10.4 Å². The summed E-state index contributed by atoms with van der Waals surface area (Å²) in [5.74, 6) is 5.24. The number of hydrazine groups is 1. The van der Waals surface area contributed by atoms with Crippen LogP contribution in [-0.4, -0.2) is 32.1 Å². The van der Waals surface area contributed by atoms with Gasteiger partial charge in [-0.25, -0.2) is 10.8 Å². The Morgan fingerprint density at radius 2 is 2.16 bits per heavy atom. The third kappa shape index (κ3) is 3.73. The number of anilines is 2. The van der Waals surface area contributed by atoms with Gasteiger partial charge in [-0.3, -0.25) is 15.5 Å². The van der Waals surface area contributed by atoms with E-state index in [4.69, 9.17) is 5.84 Å². The highest BCUT2D eigenvalue weighted by atomic mass is 16.6. The van der Waals surface area contributed by atoms with E-state index in [1.807, 2.05) is 13.8 Å². The molecule has 1 rings (SSSR count). The molecule has 19 heavy (non-hydrogen) atoms. The number of aliphatic hydroxyl groups is 1. The molecule has 0 aliphatic heterocycles. The van der Waals surface area contributed by atoms with Crippen molar-refractivity contribution < 1.29 is 10.0 Å². The van der Waals surface area contributed by atoms with Crippen molar-refractivity contribution in [2.45, 2.75) is 32.3 Å². The summed E-state index contributed by atoms with van der Waals surface area (Å²) in [6.45, 7) is 3.83.